The molecule has 1 amide bonds. The maximum atomic E-state index is 13.5. The van der Waals surface area contributed by atoms with Gasteiger partial charge in [-0.1, -0.05) is 12.1 Å². The normalized spacial score (nSPS) is 16.0. The lowest BCUT2D eigenvalue weighted by Crippen LogP contribution is -2.41. The number of fused-ring (bicyclic) bond motifs is 2. The van der Waals surface area contributed by atoms with E-state index < -0.39 is 23.7 Å². The molecule has 1 N–H and O–H groups in total. The monoisotopic (exact) mass is 497 g/mol. The summed E-state index contributed by atoms with van der Waals surface area (Å²) in [6.07, 6.45) is -1.71. The topological polar surface area (TPSA) is 114 Å². The Kier molecular flexibility index (Phi) is 4.88. The summed E-state index contributed by atoms with van der Waals surface area (Å²) in [4.78, 5) is 31.1. The molecule has 0 bridgehead atoms. The number of imidazole rings is 1. The number of hydrogen-bond acceptors (Lipinski definition) is 8. The Balaban J connectivity index is 1.34. The van der Waals surface area contributed by atoms with Crippen LogP contribution >= 0.6 is 11.3 Å². The molecule has 176 valence electrons. The molecule has 0 radical (unpaired) electrons. The molecule has 5 heterocycles. The van der Waals surface area contributed by atoms with E-state index in [4.69, 9.17) is 9.40 Å². The van der Waals surface area contributed by atoms with E-state index in [1.54, 1.807) is 11.2 Å². The van der Waals surface area contributed by atoms with Gasteiger partial charge >= 0.3 is 18.0 Å². The molecule has 0 fully saturated rings. The van der Waals surface area contributed by atoms with Crippen LogP contribution in [0.1, 0.15) is 38.7 Å². The number of pyridine rings is 1. The maximum Gasteiger partial charge on any atom is 0.417 e. The van der Waals surface area contributed by atoms with E-state index in [9.17, 15) is 18.0 Å². The van der Waals surface area contributed by atoms with Gasteiger partial charge < -0.3 is 14.3 Å². The number of nitrogens with zero attached hydrogens (tertiary/aromatic N) is 6. The van der Waals surface area contributed by atoms with Crippen molar-refractivity contribution >= 4 is 27.5 Å². The summed E-state index contributed by atoms with van der Waals surface area (Å²) in [5.74, 6) is -0.989. The average Bonchev–Trinajstić information content (AvgIpc) is 3.61. The van der Waals surface area contributed by atoms with Gasteiger partial charge in [-0.2, -0.15) is 13.2 Å². The highest BCUT2D eigenvalue weighted by molar-refractivity contribution is 7.18. The van der Waals surface area contributed by atoms with Crippen molar-refractivity contribution in [3.63, 3.8) is 0 Å². The quantitative estimate of drug-likeness (QED) is 0.396. The van der Waals surface area contributed by atoms with Gasteiger partial charge in [0.15, 0.2) is 0 Å². The van der Waals surface area contributed by atoms with E-state index in [1.807, 2.05) is 24.3 Å². The fraction of sp³-hybridized carbons (Fsp3) is 0.182. The van der Waals surface area contributed by atoms with Crippen LogP contribution in [0.15, 0.2) is 53.3 Å². The number of alkyl halides is 3. The van der Waals surface area contributed by atoms with Crippen molar-refractivity contribution in [3.8, 4) is 11.6 Å². The summed E-state index contributed by atoms with van der Waals surface area (Å²) in [6, 6.07) is 9.09. The van der Waals surface area contributed by atoms with E-state index in [1.165, 1.54) is 11.3 Å². The van der Waals surface area contributed by atoms with Crippen molar-refractivity contribution in [1.29, 1.82) is 0 Å². The standard InChI is InChI=1S/C22H14F3N7O2S/c23-22(24,25)11-5-6-14(26-9-11)18-30-31-19(34-18)21(33)32-8-7-13-16(28-10-27-13)17(32)20-29-12-3-1-2-4-15(12)35-20/h1-6,9-10,17H,7-8H2,(H,27,28)/t17-/m0/s1. The molecule has 4 aromatic heterocycles. The molecule has 0 saturated carbocycles. The zero-order chi connectivity index (χ0) is 24.2. The third-order valence-corrected chi connectivity index (χ3v) is 6.74. The summed E-state index contributed by atoms with van der Waals surface area (Å²) >= 11 is 1.47. The fourth-order valence-electron chi connectivity index (χ4n) is 3.98. The molecule has 6 rings (SSSR count). The second kappa shape index (κ2) is 7.98. The van der Waals surface area contributed by atoms with Crippen molar-refractivity contribution in [3.05, 3.63) is 76.8 Å². The number of carbonyl (C=O) groups is 1. The number of hydrogen-bond donors (Lipinski definition) is 1. The van der Waals surface area contributed by atoms with E-state index in [0.717, 1.165) is 28.0 Å². The third-order valence-electron chi connectivity index (χ3n) is 5.65. The molecule has 0 unspecified atom stereocenters. The van der Waals surface area contributed by atoms with Gasteiger partial charge in [-0.25, -0.2) is 9.97 Å². The molecule has 0 spiro atoms. The summed E-state index contributed by atoms with van der Waals surface area (Å²) in [5, 5.41) is 8.35. The minimum Gasteiger partial charge on any atom is -0.411 e. The number of benzene rings is 1. The van der Waals surface area contributed by atoms with Crippen molar-refractivity contribution in [1.82, 2.24) is 35.0 Å². The summed E-state index contributed by atoms with van der Waals surface area (Å²) in [5.41, 5.74) is 1.54. The molecule has 1 aliphatic rings. The smallest absolute Gasteiger partial charge is 0.411 e. The molecule has 9 nitrogen and oxygen atoms in total. The number of H-pyrrole nitrogens is 1. The van der Waals surface area contributed by atoms with Gasteiger partial charge in [0, 0.05) is 24.9 Å². The van der Waals surface area contributed by atoms with E-state index in [-0.39, 0.29) is 17.5 Å². The first-order chi connectivity index (χ1) is 16.9. The van der Waals surface area contributed by atoms with Crippen LogP contribution in [0.4, 0.5) is 13.2 Å². The van der Waals surface area contributed by atoms with Gasteiger partial charge in [0.2, 0.25) is 0 Å². The molecule has 1 aromatic carbocycles. The highest BCUT2D eigenvalue weighted by Gasteiger charge is 2.38. The number of halogens is 3. The fourth-order valence-corrected chi connectivity index (χ4v) is 5.06. The molecule has 1 aliphatic heterocycles. The second-order valence-electron chi connectivity index (χ2n) is 7.78. The maximum absolute atomic E-state index is 13.5. The molecule has 35 heavy (non-hydrogen) atoms. The summed E-state index contributed by atoms with van der Waals surface area (Å²) < 4.78 is 44.9. The van der Waals surface area contributed by atoms with Crippen LogP contribution < -0.4 is 0 Å². The number of rotatable bonds is 3. The first-order valence-electron chi connectivity index (χ1n) is 10.4. The van der Waals surface area contributed by atoms with E-state index >= 15 is 0 Å². The van der Waals surface area contributed by atoms with Gasteiger partial charge in [0.05, 0.1) is 27.8 Å². The molecule has 1 atom stereocenters. The molecule has 0 aliphatic carbocycles. The molecular weight excluding hydrogens is 483 g/mol. The molecular formula is C22H14F3N7O2S. The van der Waals surface area contributed by atoms with Gasteiger partial charge in [-0.05, 0) is 24.3 Å². The summed E-state index contributed by atoms with van der Waals surface area (Å²) in [7, 11) is 0. The average molecular weight is 497 g/mol. The van der Waals surface area contributed by atoms with E-state index in [0.29, 0.717) is 29.9 Å². The first kappa shape index (κ1) is 21.4. The second-order valence-corrected chi connectivity index (χ2v) is 8.84. The Morgan fingerprint density at radius 1 is 1.14 bits per heavy atom. The van der Waals surface area contributed by atoms with Crippen molar-refractivity contribution < 1.29 is 22.4 Å². The van der Waals surface area contributed by atoms with Crippen LogP contribution in [-0.4, -0.2) is 47.5 Å². The number of aromatic nitrogens is 6. The van der Waals surface area contributed by atoms with Crippen LogP contribution in [-0.2, 0) is 12.6 Å². The van der Waals surface area contributed by atoms with Crippen LogP contribution in [0.3, 0.4) is 0 Å². The summed E-state index contributed by atoms with van der Waals surface area (Å²) in [6.45, 7) is 0.352. The Hall–Kier alpha value is -4.13. The van der Waals surface area contributed by atoms with Gasteiger partial charge in [0.1, 0.15) is 16.7 Å². The lowest BCUT2D eigenvalue weighted by molar-refractivity contribution is -0.137. The number of aromatic amines is 1. The number of thiazole rings is 1. The number of carbonyl (C=O) groups excluding carboxylic acids is 1. The van der Waals surface area contributed by atoms with Crippen molar-refractivity contribution in [2.75, 3.05) is 6.54 Å². The zero-order valence-electron chi connectivity index (χ0n) is 17.7. The molecule has 5 aromatic rings. The highest BCUT2D eigenvalue weighted by Crippen LogP contribution is 2.38. The minimum absolute atomic E-state index is 0.0282. The van der Waals surface area contributed by atoms with Gasteiger partial charge in [-0.3, -0.25) is 9.78 Å². The first-order valence-corrected chi connectivity index (χ1v) is 11.3. The van der Waals surface area contributed by atoms with Gasteiger partial charge in [0.25, 0.3) is 5.89 Å². The number of amides is 1. The third kappa shape index (κ3) is 3.73. The molecule has 0 saturated heterocycles. The van der Waals surface area contributed by atoms with Crippen molar-refractivity contribution in [2.45, 2.75) is 18.6 Å². The lowest BCUT2D eigenvalue weighted by atomic mass is 10.0. The van der Waals surface area contributed by atoms with Crippen LogP contribution in [0.2, 0.25) is 0 Å². The number of nitrogens with one attached hydrogen (secondary N) is 1. The largest absolute Gasteiger partial charge is 0.417 e. The van der Waals surface area contributed by atoms with Crippen LogP contribution in [0, 0.1) is 0 Å². The lowest BCUT2D eigenvalue weighted by Gasteiger charge is -2.32. The Bertz CT molecular complexity index is 1510. The van der Waals surface area contributed by atoms with Crippen molar-refractivity contribution in [2.24, 2.45) is 0 Å². The predicted molar refractivity (Wildman–Crippen MR) is 117 cm³/mol. The van der Waals surface area contributed by atoms with E-state index in [2.05, 4.69) is 25.1 Å². The SMILES string of the molecule is O=C(c1nnc(-c2ccc(C(F)(F)F)cn2)o1)N1CCc2[nH]cnc2[C@H]1c1nc2ccccc2s1. The van der Waals surface area contributed by atoms with Gasteiger partial charge in [-0.15, -0.1) is 21.5 Å². The zero-order valence-corrected chi connectivity index (χ0v) is 18.5. The number of para-hydroxylation sites is 1. The Morgan fingerprint density at radius 2 is 2.00 bits per heavy atom. The predicted octanol–water partition coefficient (Wildman–Crippen LogP) is 4.27. The minimum atomic E-state index is -4.52. The molecule has 13 heteroatoms. The van der Waals surface area contributed by atoms with Crippen LogP contribution in [0.5, 0.6) is 0 Å². The Morgan fingerprint density at radius 3 is 2.77 bits per heavy atom. The highest BCUT2D eigenvalue weighted by atomic mass is 32.1. The van der Waals surface area contributed by atoms with Crippen LogP contribution in [0.25, 0.3) is 21.8 Å². The Labute approximate surface area is 198 Å².